The first kappa shape index (κ1) is 24.7. The summed E-state index contributed by atoms with van der Waals surface area (Å²) in [5.41, 5.74) is -5.45. The largest absolute Gasteiger partial charge is 0.534 e. The standard InChI is InChI=1S/C10H13F3O5S.C6H15N/c1-2-17-9(14)7-3-5-8(6-4-7)18-19(15,16)10(11,12)13;1-5(2)7-6(3)4/h5,7H,2-4,6H2,1H3;5-7H,1-4H3. The normalized spacial score (nSPS) is 18.1. The number of hydrogen-bond donors (Lipinski definition) is 1. The van der Waals surface area contributed by atoms with E-state index in [9.17, 15) is 26.4 Å². The van der Waals surface area contributed by atoms with Crippen LogP contribution in [0.15, 0.2) is 11.8 Å². The molecule has 1 aliphatic rings. The smallest absolute Gasteiger partial charge is 0.466 e. The molecule has 1 N–H and O–H groups in total. The van der Waals surface area contributed by atoms with Crippen molar-refractivity contribution >= 4 is 16.1 Å². The number of carbonyl (C=O) groups excluding carboxylic acids is 1. The Morgan fingerprint density at radius 2 is 1.81 bits per heavy atom. The first-order valence-corrected chi connectivity index (χ1v) is 9.83. The van der Waals surface area contributed by atoms with Crippen LogP contribution in [0.2, 0.25) is 0 Å². The van der Waals surface area contributed by atoms with Crippen molar-refractivity contribution in [2.75, 3.05) is 6.61 Å². The predicted octanol–water partition coefficient (Wildman–Crippen LogP) is 3.49. The van der Waals surface area contributed by atoms with E-state index in [0.29, 0.717) is 12.1 Å². The van der Waals surface area contributed by atoms with Gasteiger partial charge in [-0.05, 0) is 25.8 Å². The van der Waals surface area contributed by atoms with Gasteiger partial charge in [-0.25, -0.2) is 0 Å². The number of ether oxygens (including phenoxy) is 1. The molecule has 0 bridgehead atoms. The lowest BCUT2D eigenvalue weighted by atomic mass is 9.93. The SMILES string of the molecule is CC(C)NC(C)C.CCOC(=O)C1CC=C(OS(=O)(=O)C(F)(F)F)CC1. The maximum Gasteiger partial charge on any atom is 0.534 e. The van der Waals surface area contributed by atoms with Crippen molar-refractivity contribution < 1.29 is 35.3 Å². The van der Waals surface area contributed by atoms with Gasteiger partial charge >= 0.3 is 21.6 Å². The fraction of sp³-hybridized carbons (Fsp3) is 0.812. The van der Waals surface area contributed by atoms with E-state index in [-0.39, 0.29) is 31.6 Å². The first-order chi connectivity index (χ1) is 11.8. The third-order valence-electron chi connectivity index (χ3n) is 3.16. The lowest BCUT2D eigenvalue weighted by Gasteiger charge is -2.20. The van der Waals surface area contributed by atoms with Crippen molar-refractivity contribution in [3.63, 3.8) is 0 Å². The summed E-state index contributed by atoms with van der Waals surface area (Å²) in [6.45, 7) is 10.5. The van der Waals surface area contributed by atoms with Gasteiger partial charge in [0.1, 0.15) is 5.76 Å². The van der Waals surface area contributed by atoms with E-state index in [1.807, 2.05) is 0 Å². The van der Waals surface area contributed by atoms with Crippen LogP contribution in [-0.2, 0) is 23.8 Å². The van der Waals surface area contributed by atoms with Crippen molar-refractivity contribution in [1.29, 1.82) is 0 Å². The summed E-state index contributed by atoms with van der Waals surface area (Å²) in [7, 11) is -5.63. The van der Waals surface area contributed by atoms with Gasteiger partial charge in [-0.2, -0.15) is 21.6 Å². The molecule has 0 saturated heterocycles. The van der Waals surface area contributed by atoms with E-state index >= 15 is 0 Å². The average molecular weight is 403 g/mol. The minimum Gasteiger partial charge on any atom is -0.466 e. The van der Waals surface area contributed by atoms with Gasteiger partial charge in [0, 0.05) is 18.5 Å². The minimum atomic E-state index is -5.63. The number of carbonyl (C=O) groups is 1. The van der Waals surface area contributed by atoms with Gasteiger partial charge < -0.3 is 14.2 Å². The van der Waals surface area contributed by atoms with Gasteiger partial charge in [-0.3, -0.25) is 4.79 Å². The maximum absolute atomic E-state index is 12.1. The topological polar surface area (TPSA) is 81.7 Å². The number of rotatable bonds is 6. The molecule has 6 nitrogen and oxygen atoms in total. The third kappa shape index (κ3) is 9.42. The van der Waals surface area contributed by atoms with Gasteiger partial charge in [0.25, 0.3) is 0 Å². The zero-order valence-electron chi connectivity index (χ0n) is 15.7. The molecule has 0 radical (unpaired) electrons. The van der Waals surface area contributed by atoms with Crippen LogP contribution in [0.1, 0.15) is 53.9 Å². The number of nitrogens with one attached hydrogen (secondary N) is 1. The van der Waals surface area contributed by atoms with E-state index in [1.54, 1.807) is 6.92 Å². The average Bonchev–Trinajstić information content (AvgIpc) is 2.45. The van der Waals surface area contributed by atoms with Gasteiger partial charge in [0.15, 0.2) is 0 Å². The summed E-state index contributed by atoms with van der Waals surface area (Å²) in [6.07, 6.45) is 1.41. The van der Waals surface area contributed by atoms with Crippen LogP contribution in [0, 0.1) is 5.92 Å². The van der Waals surface area contributed by atoms with E-state index in [1.165, 1.54) is 6.08 Å². The molecule has 0 aromatic carbocycles. The monoisotopic (exact) mass is 403 g/mol. The molecule has 0 aromatic heterocycles. The summed E-state index contributed by atoms with van der Waals surface area (Å²) >= 11 is 0. The Morgan fingerprint density at radius 1 is 1.27 bits per heavy atom. The lowest BCUT2D eigenvalue weighted by molar-refractivity contribution is -0.148. The van der Waals surface area contributed by atoms with Crippen molar-refractivity contribution in [1.82, 2.24) is 5.32 Å². The zero-order chi connectivity index (χ0) is 20.5. The number of halogens is 3. The molecule has 26 heavy (non-hydrogen) atoms. The third-order valence-corrected chi connectivity index (χ3v) is 4.16. The quantitative estimate of drug-likeness (QED) is 0.415. The summed E-state index contributed by atoms with van der Waals surface area (Å²) < 4.78 is 66.5. The molecule has 1 rings (SSSR count). The number of alkyl halides is 3. The lowest BCUT2D eigenvalue weighted by Crippen LogP contribution is -2.29. The second kappa shape index (κ2) is 10.8. The van der Waals surface area contributed by atoms with Crippen molar-refractivity contribution in [2.45, 2.75) is 71.5 Å². The molecule has 0 aliphatic heterocycles. The molecular weight excluding hydrogens is 375 g/mol. The summed E-state index contributed by atoms with van der Waals surface area (Å²) in [6, 6.07) is 1.25. The molecule has 0 spiro atoms. The predicted molar refractivity (Wildman–Crippen MR) is 91.5 cm³/mol. The number of esters is 1. The highest BCUT2D eigenvalue weighted by Gasteiger charge is 2.49. The van der Waals surface area contributed by atoms with Gasteiger partial charge in [-0.15, -0.1) is 0 Å². The molecule has 0 saturated carbocycles. The Morgan fingerprint density at radius 3 is 2.12 bits per heavy atom. The highest BCUT2D eigenvalue weighted by Crippen LogP contribution is 2.31. The van der Waals surface area contributed by atoms with Gasteiger partial charge in [0.2, 0.25) is 0 Å². The molecule has 0 amide bonds. The molecule has 154 valence electrons. The van der Waals surface area contributed by atoms with Crippen LogP contribution in [0.25, 0.3) is 0 Å². The van der Waals surface area contributed by atoms with Crippen LogP contribution >= 0.6 is 0 Å². The first-order valence-electron chi connectivity index (χ1n) is 8.42. The molecule has 1 unspecified atom stereocenters. The van der Waals surface area contributed by atoms with E-state index < -0.39 is 27.5 Å². The van der Waals surface area contributed by atoms with Crippen molar-refractivity contribution in [3.05, 3.63) is 11.8 Å². The van der Waals surface area contributed by atoms with Crippen LogP contribution in [0.3, 0.4) is 0 Å². The highest BCUT2D eigenvalue weighted by atomic mass is 32.2. The molecule has 0 aromatic rings. The van der Waals surface area contributed by atoms with Gasteiger partial charge in [-0.1, -0.05) is 27.7 Å². The van der Waals surface area contributed by atoms with E-state index in [2.05, 4.69) is 37.2 Å². The summed E-state index contributed by atoms with van der Waals surface area (Å²) in [5.74, 6) is -1.21. The van der Waals surface area contributed by atoms with E-state index in [0.717, 1.165) is 0 Å². The molecule has 0 heterocycles. The molecule has 0 fully saturated rings. The second-order valence-corrected chi connectivity index (χ2v) is 7.89. The Bertz CT molecular complexity index is 565. The van der Waals surface area contributed by atoms with Crippen molar-refractivity contribution in [3.8, 4) is 0 Å². The summed E-state index contributed by atoms with van der Waals surface area (Å²) in [4.78, 5) is 11.4. The van der Waals surface area contributed by atoms with Crippen LogP contribution in [0.5, 0.6) is 0 Å². The van der Waals surface area contributed by atoms with Gasteiger partial charge in [0.05, 0.1) is 12.5 Å². The van der Waals surface area contributed by atoms with Crippen LogP contribution < -0.4 is 5.32 Å². The fourth-order valence-electron chi connectivity index (χ4n) is 2.21. The Balaban J connectivity index is 0.000000758. The number of allylic oxidation sites excluding steroid dienone is 2. The highest BCUT2D eigenvalue weighted by molar-refractivity contribution is 7.87. The fourth-order valence-corrected chi connectivity index (χ4v) is 2.74. The zero-order valence-corrected chi connectivity index (χ0v) is 16.5. The van der Waals surface area contributed by atoms with Crippen molar-refractivity contribution in [2.24, 2.45) is 5.92 Å². The maximum atomic E-state index is 12.1. The number of hydrogen-bond acceptors (Lipinski definition) is 6. The van der Waals surface area contributed by atoms with Crippen LogP contribution in [0.4, 0.5) is 13.2 Å². The Kier molecular flexibility index (Phi) is 10.2. The van der Waals surface area contributed by atoms with Crippen LogP contribution in [-0.4, -0.2) is 38.6 Å². The molecule has 10 heteroatoms. The molecular formula is C16H28F3NO5S. The minimum absolute atomic E-state index is 0.0568. The Labute approximate surface area is 153 Å². The Hall–Kier alpha value is -1.29. The summed E-state index contributed by atoms with van der Waals surface area (Å²) in [5, 5.41) is 3.31. The second-order valence-electron chi connectivity index (χ2n) is 6.35. The molecule has 1 aliphatic carbocycles. The molecule has 1 atom stereocenters. The van der Waals surface area contributed by atoms with E-state index in [4.69, 9.17) is 4.74 Å².